The Bertz CT molecular complexity index is 672. The van der Waals surface area contributed by atoms with Gasteiger partial charge in [0.2, 0.25) is 0 Å². The second-order valence-corrected chi connectivity index (χ2v) is 4.92. The maximum absolute atomic E-state index is 5.32. The lowest BCUT2D eigenvalue weighted by Crippen LogP contribution is -2.31. The zero-order valence-corrected chi connectivity index (χ0v) is 16.8. The van der Waals surface area contributed by atoms with Crippen molar-refractivity contribution in [2.45, 2.75) is 6.42 Å². The van der Waals surface area contributed by atoms with E-state index in [9.17, 15) is 0 Å². The molecule has 0 aliphatic carbocycles. The molecule has 2 aromatic rings. The Morgan fingerprint density at radius 3 is 2.68 bits per heavy atom. The molecule has 6 nitrogen and oxygen atoms in total. The van der Waals surface area contributed by atoms with Crippen molar-refractivity contribution in [1.82, 2.24) is 5.32 Å². The molecule has 1 aromatic heterocycles. The molecule has 0 atom stereocenters. The number of furan rings is 1. The average Bonchev–Trinajstić information content (AvgIpc) is 3.12. The van der Waals surface area contributed by atoms with Crippen molar-refractivity contribution < 1.29 is 13.9 Å². The summed E-state index contributed by atoms with van der Waals surface area (Å²) in [7, 11) is 3.22. The number of halogens is 1. The summed E-state index contributed by atoms with van der Waals surface area (Å²) in [5.74, 6) is 2.90. The smallest absolute Gasteiger partial charge is 0.196 e. The molecule has 0 aliphatic heterocycles. The van der Waals surface area contributed by atoms with Gasteiger partial charge in [0, 0.05) is 31.3 Å². The molecule has 0 amide bonds. The second kappa shape index (κ2) is 11.4. The minimum atomic E-state index is 0. The molecule has 7 heteroatoms. The fourth-order valence-electron chi connectivity index (χ4n) is 2.09. The number of anilines is 1. The molecule has 1 aromatic carbocycles. The Kier molecular flexibility index (Phi) is 9.53. The molecule has 0 unspecified atom stereocenters. The van der Waals surface area contributed by atoms with Crippen LogP contribution in [-0.4, -0.2) is 33.3 Å². The number of benzene rings is 1. The topological polar surface area (TPSA) is 68.0 Å². The molecule has 0 radical (unpaired) electrons. The molecular weight excluding hydrogens is 433 g/mol. The van der Waals surface area contributed by atoms with Crippen LogP contribution in [0, 0.1) is 0 Å². The summed E-state index contributed by atoms with van der Waals surface area (Å²) < 4.78 is 15.9. The predicted octanol–water partition coefficient (Wildman–Crippen LogP) is 3.70. The van der Waals surface area contributed by atoms with E-state index in [1.807, 2.05) is 30.3 Å². The Labute approximate surface area is 165 Å². The minimum absolute atomic E-state index is 0. The van der Waals surface area contributed by atoms with Gasteiger partial charge in [-0.1, -0.05) is 6.08 Å². The maximum Gasteiger partial charge on any atom is 0.196 e. The first-order valence-electron chi connectivity index (χ1n) is 7.67. The van der Waals surface area contributed by atoms with Crippen LogP contribution in [-0.2, 0) is 6.42 Å². The zero-order valence-electron chi connectivity index (χ0n) is 14.5. The monoisotopic (exact) mass is 457 g/mol. The lowest BCUT2D eigenvalue weighted by Gasteiger charge is -2.13. The Morgan fingerprint density at radius 1 is 1.24 bits per heavy atom. The van der Waals surface area contributed by atoms with Gasteiger partial charge in [-0.2, -0.15) is 0 Å². The highest BCUT2D eigenvalue weighted by Crippen LogP contribution is 2.29. The van der Waals surface area contributed by atoms with E-state index in [0.29, 0.717) is 30.5 Å². The summed E-state index contributed by atoms with van der Waals surface area (Å²) in [6, 6.07) is 9.41. The van der Waals surface area contributed by atoms with Crippen LogP contribution in [0.25, 0.3) is 0 Å². The van der Waals surface area contributed by atoms with Gasteiger partial charge in [0.15, 0.2) is 17.5 Å². The number of nitrogens with one attached hydrogen (secondary N) is 2. The second-order valence-electron chi connectivity index (χ2n) is 4.92. The van der Waals surface area contributed by atoms with E-state index < -0.39 is 0 Å². The quantitative estimate of drug-likeness (QED) is 0.274. The largest absolute Gasteiger partial charge is 0.493 e. The molecule has 1 heterocycles. The molecule has 0 spiro atoms. The van der Waals surface area contributed by atoms with E-state index in [2.05, 4.69) is 22.2 Å². The van der Waals surface area contributed by atoms with Crippen LogP contribution < -0.4 is 20.1 Å². The predicted molar refractivity (Wildman–Crippen MR) is 111 cm³/mol. The van der Waals surface area contributed by atoms with E-state index in [-0.39, 0.29) is 24.0 Å². The van der Waals surface area contributed by atoms with Crippen molar-refractivity contribution in [1.29, 1.82) is 0 Å². The summed E-state index contributed by atoms with van der Waals surface area (Å²) in [5.41, 5.74) is 0.848. The van der Waals surface area contributed by atoms with E-state index in [1.165, 1.54) is 0 Å². The third-order valence-corrected chi connectivity index (χ3v) is 3.27. The third kappa shape index (κ3) is 6.69. The number of methoxy groups -OCH3 is 2. The van der Waals surface area contributed by atoms with Crippen LogP contribution in [0.15, 0.2) is 58.7 Å². The average molecular weight is 457 g/mol. The molecule has 2 rings (SSSR count). The first-order chi connectivity index (χ1) is 11.8. The van der Waals surface area contributed by atoms with Gasteiger partial charge in [0.25, 0.3) is 0 Å². The molecule has 0 saturated carbocycles. The van der Waals surface area contributed by atoms with E-state index in [0.717, 1.165) is 17.9 Å². The maximum atomic E-state index is 5.32. The molecule has 0 fully saturated rings. The van der Waals surface area contributed by atoms with Gasteiger partial charge in [0.1, 0.15) is 5.76 Å². The first-order valence-corrected chi connectivity index (χ1v) is 7.67. The summed E-state index contributed by atoms with van der Waals surface area (Å²) in [6.07, 6.45) is 4.18. The number of guanidine groups is 1. The summed E-state index contributed by atoms with van der Waals surface area (Å²) in [4.78, 5) is 4.54. The molecule has 25 heavy (non-hydrogen) atoms. The molecule has 0 bridgehead atoms. The Balaban J connectivity index is 0.00000312. The number of ether oxygens (including phenoxy) is 2. The van der Waals surface area contributed by atoms with Crippen molar-refractivity contribution >= 4 is 35.6 Å². The number of nitrogens with zero attached hydrogens (tertiary/aromatic N) is 1. The number of aliphatic imine (C=N–C) groups is 1. The van der Waals surface area contributed by atoms with Gasteiger partial charge < -0.3 is 24.5 Å². The van der Waals surface area contributed by atoms with Gasteiger partial charge >= 0.3 is 0 Å². The highest BCUT2D eigenvalue weighted by atomic mass is 127. The fraction of sp³-hybridized carbons (Fsp3) is 0.278. The van der Waals surface area contributed by atoms with E-state index >= 15 is 0 Å². The van der Waals surface area contributed by atoms with Crippen molar-refractivity contribution in [2.75, 3.05) is 32.6 Å². The van der Waals surface area contributed by atoms with Gasteiger partial charge in [-0.05, 0) is 24.3 Å². The van der Waals surface area contributed by atoms with Gasteiger partial charge in [-0.25, -0.2) is 0 Å². The van der Waals surface area contributed by atoms with Crippen LogP contribution in [0.3, 0.4) is 0 Å². The number of hydrogen-bond acceptors (Lipinski definition) is 4. The van der Waals surface area contributed by atoms with Crippen LogP contribution in [0.1, 0.15) is 5.76 Å². The summed E-state index contributed by atoms with van der Waals surface area (Å²) in [6.45, 7) is 4.93. The molecule has 2 N–H and O–H groups in total. The van der Waals surface area contributed by atoms with Gasteiger partial charge in [-0.3, -0.25) is 4.99 Å². The van der Waals surface area contributed by atoms with Crippen LogP contribution in [0.2, 0.25) is 0 Å². The zero-order chi connectivity index (χ0) is 17.2. The highest BCUT2D eigenvalue weighted by Gasteiger charge is 2.06. The lowest BCUT2D eigenvalue weighted by molar-refractivity contribution is 0.355. The van der Waals surface area contributed by atoms with Crippen LogP contribution in [0.5, 0.6) is 11.5 Å². The normalized spacial score (nSPS) is 10.6. The van der Waals surface area contributed by atoms with Crippen LogP contribution in [0.4, 0.5) is 5.69 Å². The summed E-state index contributed by atoms with van der Waals surface area (Å²) in [5, 5.41) is 6.43. The first kappa shape index (κ1) is 20.9. The number of rotatable bonds is 8. The highest BCUT2D eigenvalue weighted by molar-refractivity contribution is 14.0. The van der Waals surface area contributed by atoms with E-state index in [1.54, 1.807) is 26.6 Å². The standard InChI is InChI=1S/C18H23N3O3.HI/c1-4-10-19-18(20-11-9-15-6-5-12-24-15)21-14-7-8-16(22-2)17(13-14)23-3;/h4-8,12-13H,1,9-11H2,2-3H3,(H2,19,20,21);1H. The fourth-order valence-corrected chi connectivity index (χ4v) is 2.09. The SMILES string of the molecule is C=CCNC(=NCCc1ccco1)Nc1ccc(OC)c(OC)c1.I. The van der Waals surface area contributed by atoms with Crippen LogP contribution >= 0.6 is 24.0 Å². The van der Waals surface area contributed by atoms with Crippen molar-refractivity contribution in [3.63, 3.8) is 0 Å². The van der Waals surface area contributed by atoms with Crippen molar-refractivity contribution in [3.8, 4) is 11.5 Å². The molecule has 0 saturated heterocycles. The lowest BCUT2D eigenvalue weighted by atomic mass is 10.2. The Hall–Kier alpha value is -2.16. The van der Waals surface area contributed by atoms with Gasteiger partial charge in [0.05, 0.1) is 20.5 Å². The molecule has 0 aliphatic rings. The number of hydrogen-bond donors (Lipinski definition) is 2. The summed E-state index contributed by atoms with van der Waals surface area (Å²) >= 11 is 0. The van der Waals surface area contributed by atoms with Gasteiger partial charge in [-0.15, -0.1) is 30.6 Å². The minimum Gasteiger partial charge on any atom is -0.493 e. The van der Waals surface area contributed by atoms with Crippen molar-refractivity contribution in [2.24, 2.45) is 4.99 Å². The molecular formula is C18H24IN3O3. The molecule has 136 valence electrons. The van der Waals surface area contributed by atoms with Crippen molar-refractivity contribution in [3.05, 3.63) is 55.0 Å². The third-order valence-electron chi connectivity index (χ3n) is 3.27. The van der Waals surface area contributed by atoms with E-state index in [4.69, 9.17) is 13.9 Å². The Morgan fingerprint density at radius 2 is 2.04 bits per heavy atom.